The Morgan fingerprint density at radius 2 is 1.84 bits per heavy atom. The molecule has 0 spiro atoms. The van der Waals surface area contributed by atoms with Gasteiger partial charge in [-0.2, -0.15) is 5.26 Å². The number of pyridine rings is 1. The molecule has 0 radical (unpaired) electrons. The Morgan fingerprint density at radius 3 is 2.58 bits per heavy atom. The van der Waals surface area contributed by atoms with E-state index in [0.717, 1.165) is 5.56 Å². The molecule has 1 atom stereocenters. The van der Waals surface area contributed by atoms with Crippen molar-refractivity contribution >= 4 is 51.2 Å². The molecule has 0 aliphatic heterocycles. The number of nitrogens with one attached hydrogen (secondary N) is 2. The summed E-state index contributed by atoms with van der Waals surface area (Å²) >= 11 is 12.6. The number of anilines is 3. The van der Waals surface area contributed by atoms with Crippen LogP contribution in [0, 0.1) is 17.1 Å². The van der Waals surface area contributed by atoms with E-state index in [4.69, 9.17) is 28.9 Å². The molecule has 2 aromatic heterocycles. The van der Waals surface area contributed by atoms with Crippen LogP contribution in [0.15, 0.2) is 73.1 Å². The Labute approximate surface area is 227 Å². The second-order valence-corrected chi connectivity index (χ2v) is 9.26. The summed E-state index contributed by atoms with van der Waals surface area (Å²) in [6, 6.07) is 19.5. The van der Waals surface area contributed by atoms with Crippen LogP contribution in [-0.4, -0.2) is 26.5 Å². The molecule has 38 heavy (non-hydrogen) atoms. The third-order valence-electron chi connectivity index (χ3n) is 5.89. The Kier molecular flexibility index (Phi) is 7.38. The van der Waals surface area contributed by atoms with Gasteiger partial charge in [0.25, 0.3) is 0 Å². The van der Waals surface area contributed by atoms with Gasteiger partial charge in [-0.25, -0.2) is 4.39 Å². The monoisotopic (exact) mass is 546 g/mol. The van der Waals surface area contributed by atoms with Crippen molar-refractivity contribution in [1.82, 2.24) is 20.0 Å². The average molecular weight is 547 g/mol. The highest BCUT2D eigenvalue weighted by Gasteiger charge is 2.20. The molecule has 0 fully saturated rings. The largest absolute Gasteiger partial charge is 0.373 e. The predicted octanol–water partition coefficient (Wildman–Crippen LogP) is 6.05. The SMILES string of the molecule is N#Cc1cnc2c(Cl)cc(N[C@@H](c3ccccc3)c3cn(CCN)nn3)cc2c1Nc1ccc(F)c(Cl)c1. The second kappa shape index (κ2) is 11.0. The van der Waals surface area contributed by atoms with Gasteiger partial charge in [-0.3, -0.25) is 9.67 Å². The standard InChI is InChI=1S/C27H21Cl2FN8/c28-21-11-18(6-7-23(21)30)34-25-17(13-32)14-33-27-20(25)10-19(12-22(27)29)35-26(16-4-2-1-3-5-16)24-15-38(9-8-31)37-36-24/h1-7,10-12,14-15,26,35H,8-9,31H2,(H,33,34)/t26-/m0/s1. The van der Waals surface area contributed by atoms with Crippen LogP contribution >= 0.6 is 23.2 Å². The molecule has 4 N–H and O–H groups in total. The van der Waals surface area contributed by atoms with Crippen LogP contribution in [0.3, 0.4) is 0 Å². The normalized spacial score (nSPS) is 11.8. The van der Waals surface area contributed by atoms with E-state index >= 15 is 0 Å². The number of fused-ring (bicyclic) bond motifs is 1. The number of nitrogens with zero attached hydrogens (tertiary/aromatic N) is 5. The minimum absolute atomic E-state index is 0.0411. The van der Waals surface area contributed by atoms with Gasteiger partial charge in [-0.05, 0) is 35.9 Å². The molecule has 0 unspecified atom stereocenters. The van der Waals surface area contributed by atoms with E-state index < -0.39 is 5.82 Å². The lowest BCUT2D eigenvalue weighted by Crippen LogP contribution is -2.13. The number of halogens is 3. The fourth-order valence-corrected chi connectivity index (χ4v) is 4.56. The third-order valence-corrected chi connectivity index (χ3v) is 6.47. The summed E-state index contributed by atoms with van der Waals surface area (Å²) in [7, 11) is 0. The molecule has 0 amide bonds. The van der Waals surface area contributed by atoms with Gasteiger partial charge in [0, 0.05) is 29.5 Å². The van der Waals surface area contributed by atoms with E-state index in [1.54, 1.807) is 10.7 Å². The van der Waals surface area contributed by atoms with Crippen LogP contribution in [-0.2, 0) is 6.54 Å². The zero-order chi connectivity index (χ0) is 26.6. The quantitative estimate of drug-likeness (QED) is 0.217. The zero-order valence-electron chi connectivity index (χ0n) is 19.9. The first-order chi connectivity index (χ1) is 18.5. The Bertz CT molecular complexity index is 1650. The van der Waals surface area contributed by atoms with E-state index in [-0.39, 0.29) is 16.6 Å². The van der Waals surface area contributed by atoms with Crippen molar-refractivity contribution in [3.63, 3.8) is 0 Å². The summed E-state index contributed by atoms with van der Waals surface area (Å²) < 4.78 is 15.4. The highest BCUT2D eigenvalue weighted by molar-refractivity contribution is 6.36. The molecule has 3 aromatic carbocycles. The number of hydrogen-bond acceptors (Lipinski definition) is 7. The van der Waals surface area contributed by atoms with Crippen LogP contribution in [0.25, 0.3) is 10.9 Å². The zero-order valence-corrected chi connectivity index (χ0v) is 21.4. The average Bonchev–Trinajstić information content (AvgIpc) is 3.38. The summed E-state index contributed by atoms with van der Waals surface area (Å²) in [4.78, 5) is 4.40. The first-order valence-electron chi connectivity index (χ1n) is 11.6. The van der Waals surface area contributed by atoms with Crippen LogP contribution in [0.1, 0.15) is 22.9 Å². The van der Waals surface area contributed by atoms with Crippen molar-refractivity contribution in [3.05, 3.63) is 106 Å². The number of nitrogens with two attached hydrogens (primary N) is 1. The van der Waals surface area contributed by atoms with E-state index in [1.165, 1.54) is 24.4 Å². The number of rotatable bonds is 8. The number of nitriles is 1. The molecule has 8 nitrogen and oxygen atoms in total. The van der Waals surface area contributed by atoms with Crippen LogP contribution < -0.4 is 16.4 Å². The summed E-state index contributed by atoms with van der Waals surface area (Å²) in [5.41, 5.74) is 9.77. The Balaban J connectivity index is 1.60. The maximum atomic E-state index is 13.7. The highest BCUT2D eigenvalue weighted by atomic mass is 35.5. The van der Waals surface area contributed by atoms with Crippen LogP contribution in [0.4, 0.5) is 21.5 Å². The molecule has 0 saturated heterocycles. The lowest BCUT2D eigenvalue weighted by atomic mass is 10.0. The maximum absolute atomic E-state index is 13.7. The van der Waals surface area contributed by atoms with Crippen LogP contribution in [0.5, 0.6) is 0 Å². The van der Waals surface area contributed by atoms with Gasteiger partial charge in [0.05, 0.1) is 45.6 Å². The first-order valence-corrected chi connectivity index (χ1v) is 12.4. The van der Waals surface area contributed by atoms with Gasteiger partial charge in [0.1, 0.15) is 17.6 Å². The summed E-state index contributed by atoms with van der Waals surface area (Å²) in [5.74, 6) is -0.540. The minimum Gasteiger partial charge on any atom is -0.373 e. The van der Waals surface area contributed by atoms with Gasteiger partial charge in [0.2, 0.25) is 0 Å². The van der Waals surface area contributed by atoms with Gasteiger partial charge in [-0.1, -0.05) is 58.7 Å². The highest BCUT2D eigenvalue weighted by Crippen LogP contribution is 2.37. The molecule has 5 aromatic rings. The van der Waals surface area contributed by atoms with Crippen molar-refractivity contribution < 1.29 is 4.39 Å². The van der Waals surface area contributed by atoms with E-state index in [1.807, 2.05) is 42.6 Å². The molecule has 11 heteroatoms. The summed E-state index contributed by atoms with van der Waals surface area (Å²) in [5, 5.41) is 26.0. The molecule has 0 saturated carbocycles. The number of benzene rings is 3. The van der Waals surface area contributed by atoms with Crippen LogP contribution in [0.2, 0.25) is 10.0 Å². The van der Waals surface area contributed by atoms with Gasteiger partial charge in [-0.15, -0.1) is 5.10 Å². The van der Waals surface area contributed by atoms with E-state index in [0.29, 0.717) is 51.8 Å². The molecule has 0 aliphatic rings. The topological polar surface area (TPSA) is 117 Å². The second-order valence-electron chi connectivity index (χ2n) is 8.45. The smallest absolute Gasteiger partial charge is 0.141 e. The molecule has 0 aliphatic carbocycles. The van der Waals surface area contributed by atoms with Crippen molar-refractivity contribution in [2.24, 2.45) is 5.73 Å². The van der Waals surface area contributed by atoms with Crippen molar-refractivity contribution in [1.29, 1.82) is 5.26 Å². The molecule has 190 valence electrons. The van der Waals surface area contributed by atoms with Crippen molar-refractivity contribution in [2.75, 3.05) is 17.2 Å². The maximum Gasteiger partial charge on any atom is 0.141 e. The Hall–Kier alpha value is -4.23. The predicted molar refractivity (Wildman–Crippen MR) is 147 cm³/mol. The summed E-state index contributed by atoms with van der Waals surface area (Å²) in [6.07, 6.45) is 3.29. The third kappa shape index (κ3) is 5.24. The van der Waals surface area contributed by atoms with Crippen molar-refractivity contribution in [2.45, 2.75) is 12.6 Å². The van der Waals surface area contributed by atoms with E-state index in [9.17, 15) is 9.65 Å². The molecular formula is C27H21Cl2FN8. The lowest BCUT2D eigenvalue weighted by Gasteiger charge is -2.20. The number of hydrogen-bond donors (Lipinski definition) is 3. The van der Waals surface area contributed by atoms with E-state index in [2.05, 4.69) is 32.0 Å². The van der Waals surface area contributed by atoms with Gasteiger partial charge in [0.15, 0.2) is 0 Å². The molecule has 5 rings (SSSR count). The summed E-state index contributed by atoms with van der Waals surface area (Å²) in [6.45, 7) is 0.983. The fraction of sp³-hybridized carbons (Fsp3) is 0.111. The number of aromatic nitrogens is 4. The lowest BCUT2D eigenvalue weighted by molar-refractivity contribution is 0.598. The van der Waals surface area contributed by atoms with Gasteiger partial charge >= 0.3 is 0 Å². The first kappa shape index (κ1) is 25.4. The molecule has 0 bridgehead atoms. The minimum atomic E-state index is -0.540. The molecule has 2 heterocycles. The van der Waals surface area contributed by atoms with Gasteiger partial charge < -0.3 is 16.4 Å². The Morgan fingerprint density at radius 1 is 1.05 bits per heavy atom. The fourth-order valence-electron chi connectivity index (χ4n) is 4.11. The molecular weight excluding hydrogens is 526 g/mol. The van der Waals surface area contributed by atoms with Crippen molar-refractivity contribution in [3.8, 4) is 6.07 Å².